The van der Waals surface area contributed by atoms with Gasteiger partial charge in [0.15, 0.2) is 0 Å². The fourth-order valence-electron chi connectivity index (χ4n) is 2.98. The number of pyridine rings is 2. The van der Waals surface area contributed by atoms with E-state index in [1.165, 1.54) is 0 Å². The van der Waals surface area contributed by atoms with Crippen LogP contribution in [0.1, 0.15) is 22.7 Å². The Kier molecular flexibility index (Phi) is 7.99. The lowest BCUT2D eigenvalue weighted by Crippen LogP contribution is -2.39. The van der Waals surface area contributed by atoms with E-state index >= 15 is 0 Å². The van der Waals surface area contributed by atoms with E-state index in [0.717, 1.165) is 24.0 Å². The average molecular weight is 429 g/mol. The van der Waals surface area contributed by atoms with Crippen molar-refractivity contribution in [2.75, 3.05) is 13.1 Å². The average Bonchev–Trinajstić information content (AvgIpc) is 2.75. The molecule has 1 unspecified atom stereocenters. The molecule has 0 aliphatic rings. The Labute approximate surface area is 180 Å². The number of benzene rings is 1. The molecule has 1 aromatic carbocycles. The van der Waals surface area contributed by atoms with Crippen LogP contribution < -0.4 is 10.6 Å². The molecule has 0 saturated heterocycles. The van der Waals surface area contributed by atoms with Crippen LogP contribution in [0.5, 0.6) is 0 Å². The van der Waals surface area contributed by atoms with Crippen LogP contribution in [0.2, 0.25) is 10.0 Å². The molecule has 0 bridgehead atoms. The highest BCUT2D eigenvalue weighted by molar-refractivity contribution is 6.42. The Morgan fingerprint density at radius 2 is 1.69 bits per heavy atom. The van der Waals surface area contributed by atoms with E-state index in [1.54, 1.807) is 30.7 Å². The molecule has 0 spiro atoms. The van der Waals surface area contributed by atoms with Gasteiger partial charge in [0.05, 0.1) is 10.0 Å². The van der Waals surface area contributed by atoms with E-state index in [-0.39, 0.29) is 5.91 Å². The highest BCUT2D eigenvalue weighted by atomic mass is 35.5. The summed E-state index contributed by atoms with van der Waals surface area (Å²) in [5.41, 5.74) is 2.86. The molecular weight excluding hydrogens is 407 g/mol. The van der Waals surface area contributed by atoms with Gasteiger partial charge in [-0.2, -0.15) is 0 Å². The molecule has 3 aromatic rings. The van der Waals surface area contributed by atoms with Gasteiger partial charge in [-0.05, 0) is 53.8 Å². The third-order valence-corrected chi connectivity index (χ3v) is 5.34. The summed E-state index contributed by atoms with van der Waals surface area (Å²) < 4.78 is 0. The number of amides is 1. The fourth-order valence-corrected chi connectivity index (χ4v) is 3.39. The molecule has 0 saturated carbocycles. The van der Waals surface area contributed by atoms with Gasteiger partial charge >= 0.3 is 0 Å². The van der Waals surface area contributed by atoms with Gasteiger partial charge in [-0.1, -0.05) is 41.4 Å². The molecule has 0 radical (unpaired) electrons. The summed E-state index contributed by atoms with van der Waals surface area (Å²) >= 11 is 12.6. The zero-order chi connectivity index (χ0) is 20.5. The van der Waals surface area contributed by atoms with Gasteiger partial charge in [0, 0.05) is 37.9 Å². The first kappa shape index (κ1) is 21.2. The van der Waals surface area contributed by atoms with Crippen LogP contribution in [0.25, 0.3) is 0 Å². The first-order valence-corrected chi connectivity index (χ1v) is 10.1. The lowest BCUT2D eigenvalue weighted by atomic mass is 10.0. The van der Waals surface area contributed by atoms with Crippen molar-refractivity contribution in [1.82, 2.24) is 20.6 Å². The standard InChI is InChI=1S/C22H22Cl2N4O/c23-19-5-1-4-18(20(19)24)21(27-13-9-17-3-2-10-26-15-17)22(29)28-14-8-16-6-11-25-12-7-16/h1-7,10-12,15,21,27H,8-9,13-14H2,(H,28,29). The molecule has 150 valence electrons. The molecule has 2 heterocycles. The van der Waals surface area contributed by atoms with E-state index in [4.69, 9.17) is 23.2 Å². The molecule has 0 fully saturated rings. The summed E-state index contributed by atoms with van der Waals surface area (Å²) in [5, 5.41) is 7.11. The maximum atomic E-state index is 12.9. The van der Waals surface area contributed by atoms with E-state index in [0.29, 0.717) is 28.7 Å². The summed E-state index contributed by atoms with van der Waals surface area (Å²) in [5.74, 6) is -0.144. The molecule has 3 rings (SSSR count). The fraction of sp³-hybridized carbons (Fsp3) is 0.227. The molecule has 0 aliphatic carbocycles. The summed E-state index contributed by atoms with van der Waals surface area (Å²) in [6, 6.07) is 12.5. The quantitative estimate of drug-likeness (QED) is 0.539. The van der Waals surface area contributed by atoms with Gasteiger partial charge in [0.2, 0.25) is 5.91 Å². The summed E-state index contributed by atoms with van der Waals surface area (Å²) in [6.45, 7) is 1.11. The SMILES string of the molecule is O=C(NCCc1ccncc1)C(NCCc1cccnc1)c1cccc(Cl)c1Cl. The predicted octanol–water partition coefficient (Wildman–Crippen LogP) is 4.02. The highest BCUT2D eigenvalue weighted by Gasteiger charge is 2.23. The van der Waals surface area contributed by atoms with Crippen molar-refractivity contribution < 1.29 is 4.79 Å². The van der Waals surface area contributed by atoms with Crippen molar-refractivity contribution in [2.45, 2.75) is 18.9 Å². The lowest BCUT2D eigenvalue weighted by molar-refractivity contribution is -0.123. The minimum absolute atomic E-state index is 0.144. The molecule has 29 heavy (non-hydrogen) atoms. The molecule has 0 aliphatic heterocycles. The summed E-state index contributed by atoms with van der Waals surface area (Å²) in [7, 11) is 0. The second-order valence-electron chi connectivity index (χ2n) is 6.54. The minimum Gasteiger partial charge on any atom is -0.354 e. The number of halogens is 2. The largest absolute Gasteiger partial charge is 0.354 e. The number of rotatable bonds is 9. The number of carbonyl (C=O) groups is 1. The zero-order valence-electron chi connectivity index (χ0n) is 15.8. The first-order chi connectivity index (χ1) is 14.1. The smallest absolute Gasteiger partial charge is 0.241 e. The van der Waals surface area contributed by atoms with E-state index < -0.39 is 6.04 Å². The van der Waals surface area contributed by atoms with Crippen LogP contribution in [0, 0.1) is 0 Å². The van der Waals surface area contributed by atoms with Crippen molar-refractivity contribution in [1.29, 1.82) is 0 Å². The Morgan fingerprint density at radius 3 is 2.45 bits per heavy atom. The maximum Gasteiger partial charge on any atom is 0.241 e. The van der Waals surface area contributed by atoms with Crippen molar-refractivity contribution in [3.8, 4) is 0 Å². The van der Waals surface area contributed by atoms with Crippen LogP contribution in [0.15, 0.2) is 67.3 Å². The minimum atomic E-state index is -0.602. The normalized spacial score (nSPS) is 11.8. The first-order valence-electron chi connectivity index (χ1n) is 9.38. The van der Waals surface area contributed by atoms with Crippen LogP contribution >= 0.6 is 23.2 Å². The number of hydrogen-bond donors (Lipinski definition) is 2. The molecular formula is C22H22Cl2N4O. The monoisotopic (exact) mass is 428 g/mol. The second kappa shape index (κ2) is 10.9. The molecule has 5 nitrogen and oxygen atoms in total. The predicted molar refractivity (Wildman–Crippen MR) is 116 cm³/mol. The molecule has 1 atom stereocenters. The number of carbonyl (C=O) groups excluding carboxylic acids is 1. The second-order valence-corrected chi connectivity index (χ2v) is 7.32. The van der Waals surface area contributed by atoms with Crippen LogP contribution in [-0.4, -0.2) is 29.0 Å². The molecule has 1 amide bonds. The number of aromatic nitrogens is 2. The lowest BCUT2D eigenvalue weighted by Gasteiger charge is -2.20. The third kappa shape index (κ3) is 6.26. The topological polar surface area (TPSA) is 66.9 Å². The summed E-state index contributed by atoms with van der Waals surface area (Å²) in [6.07, 6.45) is 8.50. The van der Waals surface area contributed by atoms with Gasteiger partial charge in [-0.15, -0.1) is 0 Å². The van der Waals surface area contributed by atoms with Gasteiger partial charge in [0.25, 0.3) is 0 Å². The van der Waals surface area contributed by atoms with E-state index in [2.05, 4.69) is 20.6 Å². The van der Waals surface area contributed by atoms with Crippen molar-refractivity contribution >= 4 is 29.1 Å². The molecule has 2 aromatic heterocycles. The number of nitrogens with one attached hydrogen (secondary N) is 2. The molecule has 7 heteroatoms. The Balaban J connectivity index is 1.66. The highest BCUT2D eigenvalue weighted by Crippen LogP contribution is 2.30. The Bertz CT molecular complexity index is 923. The third-order valence-electron chi connectivity index (χ3n) is 4.50. The van der Waals surface area contributed by atoms with Gasteiger partial charge in [0.1, 0.15) is 6.04 Å². The maximum absolute atomic E-state index is 12.9. The van der Waals surface area contributed by atoms with Gasteiger partial charge in [-0.3, -0.25) is 14.8 Å². The van der Waals surface area contributed by atoms with Crippen LogP contribution in [-0.2, 0) is 17.6 Å². The Hall–Kier alpha value is -2.47. The molecule has 2 N–H and O–H groups in total. The number of nitrogens with zero attached hydrogens (tertiary/aromatic N) is 2. The van der Waals surface area contributed by atoms with Crippen molar-refractivity contribution in [3.63, 3.8) is 0 Å². The number of hydrogen-bond acceptors (Lipinski definition) is 4. The van der Waals surface area contributed by atoms with Crippen molar-refractivity contribution in [3.05, 3.63) is 94.0 Å². The zero-order valence-corrected chi connectivity index (χ0v) is 17.3. The van der Waals surface area contributed by atoms with Crippen LogP contribution in [0.3, 0.4) is 0 Å². The van der Waals surface area contributed by atoms with Gasteiger partial charge < -0.3 is 10.6 Å². The summed E-state index contributed by atoms with van der Waals surface area (Å²) in [4.78, 5) is 21.1. The Morgan fingerprint density at radius 1 is 0.897 bits per heavy atom. The van der Waals surface area contributed by atoms with E-state index in [1.807, 2.05) is 36.5 Å². The van der Waals surface area contributed by atoms with E-state index in [9.17, 15) is 4.79 Å². The van der Waals surface area contributed by atoms with Crippen molar-refractivity contribution in [2.24, 2.45) is 0 Å². The van der Waals surface area contributed by atoms with Gasteiger partial charge in [-0.25, -0.2) is 0 Å². The van der Waals surface area contributed by atoms with Crippen LogP contribution in [0.4, 0.5) is 0 Å².